The van der Waals surface area contributed by atoms with Gasteiger partial charge in [-0.3, -0.25) is 4.79 Å². The molecule has 2 unspecified atom stereocenters. The van der Waals surface area contributed by atoms with E-state index in [9.17, 15) is 31.9 Å². The summed E-state index contributed by atoms with van der Waals surface area (Å²) in [6.45, 7) is -4.16. The summed E-state index contributed by atoms with van der Waals surface area (Å²) in [6, 6.07) is 4.88. The van der Waals surface area contributed by atoms with Crippen LogP contribution in [0.15, 0.2) is 30.3 Å². The normalized spacial score (nSPS) is 13.4. The molecule has 0 aliphatic rings. The summed E-state index contributed by atoms with van der Waals surface area (Å²) in [5.74, 6) is -2.32. The monoisotopic (exact) mass is 482 g/mol. The largest absolute Gasteiger partial charge is 0.459 e. The van der Waals surface area contributed by atoms with E-state index in [0.717, 1.165) is 0 Å². The van der Waals surface area contributed by atoms with Crippen LogP contribution in [0.3, 0.4) is 0 Å². The molecule has 0 spiro atoms. The van der Waals surface area contributed by atoms with Gasteiger partial charge in [0, 0.05) is 0 Å². The lowest BCUT2D eigenvalue weighted by Crippen LogP contribution is -2.55. The summed E-state index contributed by atoms with van der Waals surface area (Å²) >= 11 is 0. The minimum Gasteiger partial charge on any atom is -0.459 e. The van der Waals surface area contributed by atoms with Gasteiger partial charge in [0.25, 0.3) is 0 Å². The van der Waals surface area contributed by atoms with Crippen molar-refractivity contribution in [3.8, 4) is 0 Å². The zero-order chi connectivity index (χ0) is 25.0. The van der Waals surface area contributed by atoms with Crippen molar-refractivity contribution in [1.82, 2.24) is 10.6 Å². The van der Waals surface area contributed by atoms with E-state index in [4.69, 9.17) is 9.47 Å². The first-order valence-electron chi connectivity index (χ1n) is 9.67. The van der Waals surface area contributed by atoms with Crippen molar-refractivity contribution in [3.63, 3.8) is 0 Å². The van der Waals surface area contributed by atoms with Gasteiger partial charge >= 0.3 is 25.3 Å². The molecule has 1 aromatic carbocycles. The third kappa shape index (κ3) is 12.6. The Bertz CT molecular complexity index is 761. The first-order valence-corrected chi connectivity index (χ1v) is 9.67. The second-order valence-corrected chi connectivity index (χ2v) is 7.54. The van der Waals surface area contributed by atoms with Gasteiger partial charge in [-0.15, -0.1) is 0 Å². The highest BCUT2D eigenvalue weighted by Gasteiger charge is 2.31. The number of halogens is 4. The Morgan fingerprint density at radius 3 is 1.94 bits per heavy atom. The third-order valence-corrected chi connectivity index (χ3v) is 3.61. The molecule has 2 atom stereocenters. The van der Waals surface area contributed by atoms with E-state index < -0.39 is 62.1 Å². The molecule has 0 heterocycles. The Kier molecular flexibility index (Phi) is 11.6. The molecule has 0 aromatic heterocycles. The van der Waals surface area contributed by atoms with Crippen LogP contribution < -0.4 is 10.6 Å². The molecule has 1 aromatic rings. The molecule has 13 heteroatoms. The minimum absolute atomic E-state index is 0.227. The average molecular weight is 482 g/mol. The second kappa shape index (κ2) is 13.6. The highest BCUT2D eigenvalue weighted by Crippen LogP contribution is 2.08. The molecule has 0 aliphatic heterocycles. The molecule has 0 radical (unpaired) electrons. The summed E-state index contributed by atoms with van der Waals surface area (Å²) in [5, 5.41) is 4.06. The van der Waals surface area contributed by atoms with E-state index >= 15 is 0 Å². The van der Waals surface area contributed by atoms with Gasteiger partial charge in [0.15, 0.2) is 6.04 Å². The van der Waals surface area contributed by atoms with Crippen molar-refractivity contribution in [1.29, 1.82) is 0 Å². The Balaban J connectivity index is 2.87. The van der Waals surface area contributed by atoms with Gasteiger partial charge in [0.05, 0.1) is 13.2 Å². The van der Waals surface area contributed by atoms with Crippen molar-refractivity contribution in [2.24, 2.45) is 0 Å². The number of rotatable bonds is 12. The van der Waals surface area contributed by atoms with Crippen LogP contribution >= 0.6 is 0 Å². The molecule has 0 saturated heterocycles. The van der Waals surface area contributed by atoms with Gasteiger partial charge in [-0.05, 0) is 26.3 Å². The number of hydrogen-bond acceptors (Lipinski definition) is 7. The molecule has 2 N–H and O–H groups in total. The Labute approximate surface area is 187 Å². The number of alkyl halides is 4. The zero-order valence-corrected chi connectivity index (χ0v) is 18.2. The van der Waals surface area contributed by atoms with Gasteiger partial charge in [-0.25, -0.2) is 9.59 Å². The van der Waals surface area contributed by atoms with Crippen LogP contribution in [0.4, 0.5) is 22.4 Å². The smallest absolute Gasteiger partial charge is 0.408 e. The summed E-state index contributed by atoms with van der Waals surface area (Å²) in [5.41, 5.74) is -0.385. The standard InChI is InChI=1S/C20H26F4N2O7/c1-20(2,3)33-19(29)26-13(10-31-17(21)22)15(27)25-14(11-32-18(23)24)16(28)30-9-12-7-5-4-6-8-12/h4-8,13-14,17-18H,9-11H2,1-3H3,(H,25,27)(H,26,29). The molecular weight excluding hydrogens is 456 g/mol. The Morgan fingerprint density at radius 2 is 1.42 bits per heavy atom. The number of esters is 1. The fraction of sp³-hybridized carbons (Fsp3) is 0.550. The second-order valence-electron chi connectivity index (χ2n) is 7.54. The number of ether oxygens (including phenoxy) is 4. The molecule has 0 aliphatic carbocycles. The highest BCUT2D eigenvalue weighted by molar-refractivity contribution is 5.89. The fourth-order valence-electron chi connectivity index (χ4n) is 2.24. The summed E-state index contributed by atoms with van der Waals surface area (Å²) < 4.78 is 68.0. The first kappa shape index (κ1) is 28.1. The molecule has 9 nitrogen and oxygen atoms in total. The van der Waals surface area contributed by atoms with E-state index in [-0.39, 0.29) is 6.61 Å². The number of carbonyl (C=O) groups is 3. The maximum Gasteiger partial charge on any atom is 0.408 e. The van der Waals surface area contributed by atoms with E-state index in [1.807, 2.05) is 10.6 Å². The van der Waals surface area contributed by atoms with Crippen molar-refractivity contribution in [2.45, 2.75) is 58.3 Å². The van der Waals surface area contributed by atoms with Crippen LogP contribution in [-0.2, 0) is 35.1 Å². The Morgan fingerprint density at radius 1 is 0.879 bits per heavy atom. The number of alkyl carbamates (subject to hydrolysis) is 1. The van der Waals surface area contributed by atoms with Gasteiger partial charge in [0.1, 0.15) is 18.2 Å². The molecule has 186 valence electrons. The van der Waals surface area contributed by atoms with Gasteiger partial charge in [-0.2, -0.15) is 17.6 Å². The van der Waals surface area contributed by atoms with E-state index in [2.05, 4.69) is 9.47 Å². The summed E-state index contributed by atoms with van der Waals surface area (Å²) in [7, 11) is 0. The highest BCUT2D eigenvalue weighted by atomic mass is 19.3. The first-order chi connectivity index (χ1) is 15.4. The number of nitrogens with one attached hydrogen (secondary N) is 2. The maximum atomic E-state index is 12.5. The predicted molar refractivity (Wildman–Crippen MR) is 105 cm³/mol. The molecule has 2 amide bonds. The fourth-order valence-corrected chi connectivity index (χ4v) is 2.24. The molecule has 33 heavy (non-hydrogen) atoms. The number of benzene rings is 1. The van der Waals surface area contributed by atoms with Crippen molar-refractivity contribution in [2.75, 3.05) is 13.2 Å². The van der Waals surface area contributed by atoms with Crippen LogP contribution in [-0.4, -0.2) is 62.1 Å². The van der Waals surface area contributed by atoms with Crippen LogP contribution in [0.25, 0.3) is 0 Å². The van der Waals surface area contributed by atoms with Crippen molar-refractivity contribution in [3.05, 3.63) is 35.9 Å². The lowest BCUT2D eigenvalue weighted by Gasteiger charge is -2.24. The van der Waals surface area contributed by atoms with Crippen molar-refractivity contribution >= 4 is 18.0 Å². The minimum atomic E-state index is -3.27. The van der Waals surface area contributed by atoms with E-state index in [1.165, 1.54) is 20.8 Å². The molecule has 0 saturated carbocycles. The lowest BCUT2D eigenvalue weighted by molar-refractivity contribution is -0.163. The van der Waals surface area contributed by atoms with Crippen LogP contribution in [0.5, 0.6) is 0 Å². The maximum absolute atomic E-state index is 12.5. The molecular formula is C20H26F4N2O7. The topological polar surface area (TPSA) is 112 Å². The van der Waals surface area contributed by atoms with Crippen LogP contribution in [0, 0.1) is 0 Å². The van der Waals surface area contributed by atoms with Crippen molar-refractivity contribution < 1.29 is 50.9 Å². The summed E-state index contributed by atoms with van der Waals surface area (Å²) in [6.07, 6.45) is -1.13. The summed E-state index contributed by atoms with van der Waals surface area (Å²) in [4.78, 5) is 36.8. The SMILES string of the molecule is CC(C)(C)OC(=O)NC(COC(F)F)C(=O)NC(COC(F)F)C(=O)OCc1ccccc1. The van der Waals surface area contributed by atoms with Gasteiger partial charge in [0.2, 0.25) is 5.91 Å². The molecule has 0 fully saturated rings. The predicted octanol–water partition coefficient (Wildman–Crippen LogP) is 2.59. The zero-order valence-electron chi connectivity index (χ0n) is 18.2. The molecule has 0 bridgehead atoms. The quantitative estimate of drug-likeness (QED) is 0.348. The average Bonchev–Trinajstić information content (AvgIpc) is 2.71. The van der Waals surface area contributed by atoms with E-state index in [1.54, 1.807) is 30.3 Å². The number of amides is 2. The van der Waals surface area contributed by atoms with Gasteiger partial charge in [-0.1, -0.05) is 30.3 Å². The van der Waals surface area contributed by atoms with Crippen LogP contribution in [0.2, 0.25) is 0 Å². The van der Waals surface area contributed by atoms with Crippen LogP contribution in [0.1, 0.15) is 26.3 Å². The third-order valence-electron chi connectivity index (χ3n) is 3.61. The lowest BCUT2D eigenvalue weighted by atomic mass is 10.2. The number of carbonyl (C=O) groups excluding carboxylic acids is 3. The molecule has 1 rings (SSSR count). The van der Waals surface area contributed by atoms with E-state index in [0.29, 0.717) is 5.56 Å². The Hall–Kier alpha value is -2.93. The van der Waals surface area contributed by atoms with Gasteiger partial charge < -0.3 is 29.6 Å². The number of hydrogen-bond donors (Lipinski definition) is 2.